The second-order valence-electron chi connectivity index (χ2n) is 3.95. The molecule has 5 heteroatoms. The zero-order valence-electron chi connectivity index (χ0n) is 9.12. The van der Waals surface area contributed by atoms with Gasteiger partial charge in [0.05, 0.1) is 11.2 Å². The van der Waals surface area contributed by atoms with E-state index >= 15 is 0 Å². The molecule has 0 aromatic carbocycles. The van der Waals surface area contributed by atoms with Gasteiger partial charge in [-0.3, -0.25) is 9.48 Å². The minimum atomic E-state index is -1.42. The fraction of sp³-hybridized carbons (Fsp3) is 0.600. The SMILES string of the molecule is CCCn1ncc(Cl)c1C(=O)C(C)(C)O. The summed E-state index contributed by atoms with van der Waals surface area (Å²) < 4.78 is 1.53. The second kappa shape index (κ2) is 4.33. The van der Waals surface area contributed by atoms with Gasteiger partial charge in [-0.05, 0) is 20.3 Å². The number of aryl methyl sites for hydroxylation is 1. The van der Waals surface area contributed by atoms with Crippen LogP contribution in [0.1, 0.15) is 37.7 Å². The van der Waals surface area contributed by atoms with Crippen molar-refractivity contribution in [2.24, 2.45) is 0 Å². The smallest absolute Gasteiger partial charge is 0.213 e. The lowest BCUT2D eigenvalue weighted by Gasteiger charge is -2.16. The molecule has 1 N–H and O–H groups in total. The lowest BCUT2D eigenvalue weighted by molar-refractivity contribution is 0.0476. The molecule has 0 aliphatic rings. The number of hydrogen-bond donors (Lipinski definition) is 1. The molecule has 1 aromatic heterocycles. The molecule has 0 unspecified atom stereocenters. The van der Waals surface area contributed by atoms with E-state index in [1.165, 1.54) is 24.7 Å². The van der Waals surface area contributed by atoms with E-state index in [9.17, 15) is 9.90 Å². The molecule has 0 radical (unpaired) electrons. The average Bonchev–Trinajstić information content (AvgIpc) is 2.45. The Morgan fingerprint density at radius 2 is 2.27 bits per heavy atom. The van der Waals surface area contributed by atoms with Crippen LogP contribution in [0, 0.1) is 0 Å². The Morgan fingerprint density at radius 3 is 2.73 bits per heavy atom. The van der Waals surface area contributed by atoms with Gasteiger partial charge in [-0.25, -0.2) is 0 Å². The van der Waals surface area contributed by atoms with Gasteiger partial charge < -0.3 is 5.11 Å². The third kappa shape index (κ3) is 2.58. The Kier molecular flexibility index (Phi) is 3.52. The van der Waals surface area contributed by atoms with Gasteiger partial charge in [-0.1, -0.05) is 18.5 Å². The minimum Gasteiger partial charge on any atom is -0.382 e. The molecular formula is C10H15ClN2O2. The predicted molar refractivity (Wildman–Crippen MR) is 58.2 cm³/mol. The third-order valence-corrected chi connectivity index (χ3v) is 2.28. The number of Topliss-reactive ketones (excluding diaryl/α,β-unsaturated/α-hetero) is 1. The maximum absolute atomic E-state index is 11.8. The fourth-order valence-electron chi connectivity index (χ4n) is 1.26. The summed E-state index contributed by atoms with van der Waals surface area (Å²) in [6.07, 6.45) is 2.28. The Hall–Kier alpha value is -0.870. The van der Waals surface area contributed by atoms with E-state index in [1.807, 2.05) is 6.92 Å². The molecule has 0 saturated heterocycles. The highest BCUT2D eigenvalue weighted by atomic mass is 35.5. The molecule has 1 heterocycles. The van der Waals surface area contributed by atoms with Gasteiger partial charge in [0.15, 0.2) is 0 Å². The molecular weight excluding hydrogens is 216 g/mol. The molecule has 0 aliphatic carbocycles. The number of nitrogens with zero attached hydrogens (tertiary/aromatic N) is 2. The number of hydrogen-bond acceptors (Lipinski definition) is 3. The fourth-order valence-corrected chi connectivity index (χ4v) is 1.49. The van der Waals surface area contributed by atoms with E-state index in [1.54, 1.807) is 0 Å². The molecule has 0 aliphatic heterocycles. The number of carbonyl (C=O) groups is 1. The Bertz CT molecular complexity index is 366. The van der Waals surface area contributed by atoms with Crippen molar-refractivity contribution in [2.75, 3.05) is 0 Å². The normalized spacial score (nSPS) is 11.8. The standard InChI is InChI=1S/C10H15ClN2O2/c1-4-5-13-8(7(11)6-12-13)9(14)10(2,3)15/h6,15H,4-5H2,1-3H3. The van der Waals surface area contributed by atoms with E-state index in [0.29, 0.717) is 6.54 Å². The van der Waals surface area contributed by atoms with Crippen LogP contribution in [0.5, 0.6) is 0 Å². The summed E-state index contributed by atoms with van der Waals surface area (Å²) >= 11 is 5.87. The van der Waals surface area contributed by atoms with Crippen LogP contribution in [0.2, 0.25) is 5.02 Å². The molecule has 1 aromatic rings. The van der Waals surface area contributed by atoms with Crippen LogP contribution < -0.4 is 0 Å². The van der Waals surface area contributed by atoms with Gasteiger partial charge in [-0.2, -0.15) is 5.10 Å². The summed E-state index contributed by atoms with van der Waals surface area (Å²) in [6, 6.07) is 0. The Balaban J connectivity index is 3.12. The van der Waals surface area contributed by atoms with Crippen molar-refractivity contribution in [2.45, 2.75) is 39.3 Å². The molecule has 0 atom stereocenters. The first-order valence-corrected chi connectivity index (χ1v) is 5.24. The first kappa shape index (κ1) is 12.2. The summed E-state index contributed by atoms with van der Waals surface area (Å²) in [5.74, 6) is -0.404. The summed E-state index contributed by atoms with van der Waals surface area (Å²) in [5.41, 5.74) is -1.14. The van der Waals surface area contributed by atoms with Crippen molar-refractivity contribution >= 4 is 17.4 Å². The van der Waals surface area contributed by atoms with Crippen molar-refractivity contribution in [3.63, 3.8) is 0 Å². The monoisotopic (exact) mass is 230 g/mol. The van der Waals surface area contributed by atoms with E-state index in [0.717, 1.165) is 6.42 Å². The van der Waals surface area contributed by atoms with E-state index in [2.05, 4.69) is 5.10 Å². The number of aliphatic hydroxyl groups is 1. The lowest BCUT2D eigenvalue weighted by atomic mass is 10.0. The van der Waals surface area contributed by atoms with Gasteiger partial charge in [0, 0.05) is 6.54 Å². The van der Waals surface area contributed by atoms with Gasteiger partial charge in [0.1, 0.15) is 11.3 Å². The summed E-state index contributed by atoms with van der Waals surface area (Å²) in [6.45, 7) is 5.47. The topological polar surface area (TPSA) is 55.1 Å². The predicted octanol–water partition coefficient (Wildman–Crippen LogP) is 1.90. The van der Waals surface area contributed by atoms with Crippen LogP contribution in [0.15, 0.2) is 6.20 Å². The van der Waals surface area contributed by atoms with E-state index in [-0.39, 0.29) is 10.7 Å². The van der Waals surface area contributed by atoms with Gasteiger partial charge in [0.2, 0.25) is 5.78 Å². The zero-order valence-corrected chi connectivity index (χ0v) is 9.88. The quantitative estimate of drug-likeness (QED) is 0.804. The summed E-state index contributed by atoms with van der Waals surface area (Å²) in [7, 11) is 0. The number of ketones is 1. The first-order chi connectivity index (χ1) is 6.88. The van der Waals surface area contributed by atoms with Gasteiger partial charge in [0.25, 0.3) is 0 Å². The van der Waals surface area contributed by atoms with Gasteiger partial charge >= 0.3 is 0 Å². The number of rotatable bonds is 4. The summed E-state index contributed by atoms with van der Waals surface area (Å²) in [4.78, 5) is 11.8. The van der Waals surface area contributed by atoms with Crippen LogP contribution >= 0.6 is 11.6 Å². The van der Waals surface area contributed by atoms with Gasteiger partial charge in [-0.15, -0.1) is 0 Å². The number of halogens is 1. The Labute approximate surface area is 93.9 Å². The van der Waals surface area contributed by atoms with Crippen LogP contribution in [-0.4, -0.2) is 26.3 Å². The highest BCUT2D eigenvalue weighted by Crippen LogP contribution is 2.21. The maximum atomic E-state index is 11.8. The molecule has 0 saturated carbocycles. The van der Waals surface area contributed by atoms with Crippen molar-refractivity contribution in [1.82, 2.24) is 9.78 Å². The summed E-state index contributed by atoms with van der Waals surface area (Å²) in [5, 5.41) is 13.9. The second-order valence-corrected chi connectivity index (χ2v) is 4.36. The molecule has 0 spiro atoms. The van der Waals surface area contributed by atoms with Crippen LogP contribution in [0.25, 0.3) is 0 Å². The first-order valence-electron chi connectivity index (χ1n) is 4.86. The maximum Gasteiger partial charge on any atom is 0.213 e. The zero-order chi connectivity index (χ0) is 11.6. The molecule has 84 valence electrons. The highest BCUT2D eigenvalue weighted by molar-refractivity contribution is 6.33. The molecule has 4 nitrogen and oxygen atoms in total. The molecule has 1 rings (SSSR count). The number of aromatic nitrogens is 2. The Morgan fingerprint density at radius 1 is 1.67 bits per heavy atom. The van der Waals surface area contributed by atoms with E-state index < -0.39 is 11.4 Å². The average molecular weight is 231 g/mol. The molecule has 0 amide bonds. The van der Waals surface area contributed by atoms with Crippen LogP contribution in [-0.2, 0) is 6.54 Å². The van der Waals surface area contributed by atoms with Crippen molar-refractivity contribution in [1.29, 1.82) is 0 Å². The third-order valence-electron chi connectivity index (χ3n) is 2.00. The van der Waals surface area contributed by atoms with Crippen molar-refractivity contribution in [3.8, 4) is 0 Å². The van der Waals surface area contributed by atoms with Crippen LogP contribution in [0.4, 0.5) is 0 Å². The minimum absolute atomic E-state index is 0.283. The van der Waals surface area contributed by atoms with Crippen molar-refractivity contribution < 1.29 is 9.90 Å². The lowest BCUT2D eigenvalue weighted by Crippen LogP contribution is -2.33. The van der Waals surface area contributed by atoms with Crippen molar-refractivity contribution in [3.05, 3.63) is 16.9 Å². The largest absolute Gasteiger partial charge is 0.382 e. The molecule has 0 fully saturated rings. The van der Waals surface area contributed by atoms with E-state index in [4.69, 9.17) is 11.6 Å². The number of carbonyl (C=O) groups excluding carboxylic acids is 1. The highest BCUT2D eigenvalue weighted by Gasteiger charge is 2.30. The molecule has 15 heavy (non-hydrogen) atoms. The molecule has 0 bridgehead atoms. The van der Waals surface area contributed by atoms with Crippen LogP contribution in [0.3, 0.4) is 0 Å².